The average Bonchev–Trinajstić information content (AvgIpc) is 2.98. The van der Waals surface area contributed by atoms with Gasteiger partial charge in [-0.15, -0.1) is 0 Å². The second kappa shape index (κ2) is 15.9. The summed E-state index contributed by atoms with van der Waals surface area (Å²) in [7, 11) is 0. The first-order valence-corrected chi connectivity index (χ1v) is 14.6. The molecule has 0 radical (unpaired) electrons. The second-order valence-electron chi connectivity index (χ2n) is 9.06. The van der Waals surface area contributed by atoms with Gasteiger partial charge in [0.05, 0.1) is 0 Å². The zero-order valence-corrected chi connectivity index (χ0v) is 25.8. The highest BCUT2D eigenvalue weighted by Gasteiger charge is 2.54. The van der Waals surface area contributed by atoms with Crippen LogP contribution >= 0.6 is 46.6 Å². The molecule has 1 heterocycles. The maximum atomic E-state index is 13.3. The van der Waals surface area contributed by atoms with Crippen molar-refractivity contribution in [2.45, 2.75) is 34.8 Å². The molecular weight excluding hydrogens is 647 g/mol. The predicted molar refractivity (Wildman–Crippen MR) is 160 cm³/mol. The molecule has 0 saturated carbocycles. The van der Waals surface area contributed by atoms with Gasteiger partial charge in [0.15, 0.2) is 19.3 Å². The number of carbonyl (C=O) groups excluding carboxylic acids is 5. The number of ether oxygens (including phenoxy) is 4. The first-order chi connectivity index (χ1) is 20.4. The van der Waals surface area contributed by atoms with Crippen LogP contribution in [-0.4, -0.2) is 75.0 Å². The van der Waals surface area contributed by atoms with E-state index in [1.54, 1.807) is 54.6 Å². The first kappa shape index (κ1) is 34.0. The Morgan fingerprint density at radius 1 is 0.977 bits per heavy atom. The van der Waals surface area contributed by atoms with Gasteiger partial charge in [-0.1, -0.05) is 102 Å². The van der Waals surface area contributed by atoms with Gasteiger partial charge in [0.1, 0.15) is 30.4 Å². The third-order valence-corrected chi connectivity index (χ3v) is 7.06. The van der Waals surface area contributed by atoms with Crippen LogP contribution in [0.25, 0.3) is 0 Å². The fourth-order valence-electron chi connectivity index (χ4n) is 3.73. The van der Waals surface area contributed by atoms with Crippen molar-refractivity contribution in [3.63, 3.8) is 0 Å². The minimum absolute atomic E-state index is 0.0661. The largest absolute Gasteiger partial charge is 0.508 e. The third kappa shape index (κ3) is 10.6. The summed E-state index contributed by atoms with van der Waals surface area (Å²) < 4.78 is 18.3. The van der Waals surface area contributed by atoms with E-state index in [4.69, 9.17) is 49.0 Å². The summed E-state index contributed by atoms with van der Waals surface area (Å²) in [6.07, 6.45) is -1.27. The summed E-state index contributed by atoms with van der Waals surface area (Å²) in [5, 5.41) is 0.707. The molecule has 230 valence electrons. The van der Waals surface area contributed by atoms with Crippen molar-refractivity contribution < 1.29 is 42.9 Å². The molecule has 0 aliphatic carbocycles. The number of halogens is 3. The molecule has 1 saturated heterocycles. The number of carbonyl (C=O) groups is 5. The molecule has 43 heavy (non-hydrogen) atoms. The molecular formula is C28H27Cl3N2O9S. The molecule has 3 rings (SSSR count). The summed E-state index contributed by atoms with van der Waals surface area (Å²) in [5.74, 6) is -1.66. The number of rotatable bonds is 13. The van der Waals surface area contributed by atoms with Crippen LogP contribution in [0.2, 0.25) is 0 Å². The monoisotopic (exact) mass is 672 g/mol. The number of thioether (sulfide) groups is 1. The summed E-state index contributed by atoms with van der Waals surface area (Å²) in [6, 6.07) is 14.9. The lowest BCUT2D eigenvalue weighted by Crippen LogP contribution is -2.73. The average molecular weight is 674 g/mol. The number of likely N-dealkylation sites (tertiary alicyclic amines) is 1. The number of amides is 2. The molecule has 1 N–H and O–H groups in total. The molecule has 0 bridgehead atoms. The number of hydrogen-bond acceptors (Lipinski definition) is 10. The number of benzene rings is 2. The molecule has 3 atom stereocenters. The Hall–Kier alpha value is -3.45. The van der Waals surface area contributed by atoms with Crippen molar-refractivity contribution in [2.75, 3.05) is 19.8 Å². The standard InChI is InChI=1S/C28H27Cl3N2O9S/c1-17(2)23(26(37)40-13-18-9-5-3-6-10-18)33-24(36)22(32-20(34)14-39-19-11-7-4-8-12-19)25(33)43-21(35)15-41-27(38)42-16-28(29,30)31/h3-12,22-23,25H,1,13-16H2,2H3,(H,32,34)/t22-,23?,25-/m1/s1. The van der Waals surface area contributed by atoms with Gasteiger partial charge in [-0.25, -0.2) is 9.59 Å². The van der Waals surface area contributed by atoms with Crippen LogP contribution in [0.3, 0.4) is 0 Å². The SMILES string of the molecule is C=C(C)C(C(=O)OCc1ccccc1)N1C(=O)[C@@H](NC(=O)COc2ccccc2)[C@H]1SC(=O)COC(=O)OCC(Cl)(Cl)Cl. The maximum Gasteiger partial charge on any atom is 0.508 e. The van der Waals surface area contributed by atoms with E-state index >= 15 is 0 Å². The van der Waals surface area contributed by atoms with Crippen molar-refractivity contribution >= 4 is 75.6 Å². The fraction of sp³-hybridized carbons (Fsp3) is 0.321. The van der Waals surface area contributed by atoms with Gasteiger partial charge in [0.25, 0.3) is 5.91 Å². The number of hydrogen-bond donors (Lipinski definition) is 1. The van der Waals surface area contributed by atoms with Crippen molar-refractivity contribution in [1.82, 2.24) is 10.2 Å². The van der Waals surface area contributed by atoms with Crippen LogP contribution in [-0.2, 0) is 40.0 Å². The van der Waals surface area contributed by atoms with Crippen LogP contribution in [0.5, 0.6) is 5.75 Å². The highest BCUT2D eigenvalue weighted by Crippen LogP contribution is 2.35. The summed E-state index contributed by atoms with van der Waals surface area (Å²) in [4.78, 5) is 64.7. The van der Waals surface area contributed by atoms with Crippen LogP contribution < -0.4 is 10.1 Å². The van der Waals surface area contributed by atoms with Gasteiger partial charge in [-0.3, -0.25) is 14.4 Å². The van der Waals surface area contributed by atoms with Crippen LogP contribution in [0.4, 0.5) is 4.79 Å². The van der Waals surface area contributed by atoms with Gasteiger partial charge in [-0.05, 0) is 30.2 Å². The van der Waals surface area contributed by atoms with Crippen molar-refractivity contribution in [3.05, 3.63) is 78.4 Å². The van der Waals surface area contributed by atoms with E-state index in [0.29, 0.717) is 17.5 Å². The molecule has 0 aromatic heterocycles. The molecule has 15 heteroatoms. The Balaban J connectivity index is 1.70. The Kier molecular flexibility index (Phi) is 12.6. The first-order valence-electron chi connectivity index (χ1n) is 12.6. The Morgan fingerprint density at radius 3 is 2.21 bits per heavy atom. The van der Waals surface area contributed by atoms with Gasteiger partial charge in [0, 0.05) is 0 Å². The van der Waals surface area contributed by atoms with Crippen molar-refractivity contribution in [3.8, 4) is 5.75 Å². The minimum Gasteiger partial charge on any atom is -0.484 e. The zero-order chi connectivity index (χ0) is 31.6. The topological polar surface area (TPSA) is 138 Å². The minimum atomic E-state index is -1.88. The quantitative estimate of drug-likeness (QED) is 0.143. The van der Waals surface area contributed by atoms with E-state index in [1.807, 2.05) is 6.07 Å². The highest BCUT2D eigenvalue weighted by atomic mass is 35.6. The van der Waals surface area contributed by atoms with E-state index in [-0.39, 0.29) is 12.2 Å². The normalized spacial score (nSPS) is 16.7. The molecule has 1 unspecified atom stereocenters. The molecule has 11 nitrogen and oxygen atoms in total. The van der Waals surface area contributed by atoms with E-state index < -0.39 is 70.1 Å². The van der Waals surface area contributed by atoms with Crippen LogP contribution in [0.15, 0.2) is 72.8 Å². The summed E-state index contributed by atoms with van der Waals surface area (Å²) in [6.45, 7) is 3.46. The van der Waals surface area contributed by atoms with E-state index in [2.05, 4.69) is 16.6 Å². The lowest BCUT2D eigenvalue weighted by atomic mass is 9.99. The van der Waals surface area contributed by atoms with E-state index in [9.17, 15) is 24.0 Å². The highest BCUT2D eigenvalue weighted by molar-refractivity contribution is 8.14. The number of nitrogens with one attached hydrogen (secondary N) is 1. The molecule has 1 aliphatic rings. The number of nitrogens with zero attached hydrogens (tertiary/aromatic N) is 1. The zero-order valence-electron chi connectivity index (χ0n) is 22.7. The molecule has 0 spiro atoms. The van der Waals surface area contributed by atoms with Crippen molar-refractivity contribution in [2.24, 2.45) is 0 Å². The fourth-order valence-corrected chi connectivity index (χ4v) is 4.95. The predicted octanol–water partition coefficient (Wildman–Crippen LogP) is 4.19. The molecule has 1 fully saturated rings. The number of alkyl halides is 3. The molecule has 2 aromatic rings. The van der Waals surface area contributed by atoms with E-state index in [1.165, 1.54) is 6.92 Å². The van der Waals surface area contributed by atoms with E-state index in [0.717, 1.165) is 10.5 Å². The van der Waals surface area contributed by atoms with Gasteiger partial charge >= 0.3 is 12.1 Å². The molecule has 2 amide bonds. The third-order valence-electron chi connectivity index (χ3n) is 5.62. The second-order valence-corrected chi connectivity index (χ2v) is 12.7. The molecule has 2 aromatic carbocycles. The number of esters is 1. The maximum absolute atomic E-state index is 13.3. The van der Waals surface area contributed by atoms with Crippen molar-refractivity contribution in [1.29, 1.82) is 0 Å². The Bertz CT molecular complexity index is 1330. The summed E-state index contributed by atoms with van der Waals surface area (Å²) >= 11 is 17.1. The smallest absolute Gasteiger partial charge is 0.484 e. The van der Waals surface area contributed by atoms with Crippen LogP contribution in [0, 0.1) is 0 Å². The van der Waals surface area contributed by atoms with Crippen LogP contribution in [0.1, 0.15) is 12.5 Å². The van der Waals surface area contributed by atoms with Gasteiger partial charge in [-0.2, -0.15) is 0 Å². The lowest BCUT2D eigenvalue weighted by Gasteiger charge is -2.49. The van der Waals surface area contributed by atoms with Gasteiger partial charge in [0.2, 0.25) is 14.8 Å². The van der Waals surface area contributed by atoms with Gasteiger partial charge < -0.3 is 29.2 Å². The molecule has 1 aliphatic heterocycles. The number of β-lactam (4-membered cyclic amide) rings is 1. The lowest BCUT2D eigenvalue weighted by molar-refractivity contribution is -0.163. The number of para-hydroxylation sites is 1. The summed E-state index contributed by atoms with van der Waals surface area (Å²) in [5.41, 5.74) is 0.975. The Labute approximate surface area is 266 Å². The Morgan fingerprint density at radius 2 is 1.60 bits per heavy atom.